The van der Waals surface area contributed by atoms with Crippen molar-refractivity contribution in [2.24, 2.45) is 0 Å². The van der Waals surface area contributed by atoms with E-state index < -0.39 is 16.6 Å². The third-order valence-electron chi connectivity index (χ3n) is 2.85. The molecule has 0 saturated carbocycles. The summed E-state index contributed by atoms with van der Waals surface area (Å²) in [7, 11) is -1.33. The van der Waals surface area contributed by atoms with Gasteiger partial charge in [0.1, 0.15) is 18.2 Å². The van der Waals surface area contributed by atoms with E-state index in [4.69, 9.17) is 4.74 Å². The second kappa shape index (κ2) is 7.13. The summed E-state index contributed by atoms with van der Waals surface area (Å²) in [5.74, 6) is 0.206. The first-order chi connectivity index (χ1) is 10.1. The van der Waals surface area contributed by atoms with Crippen molar-refractivity contribution in [1.29, 1.82) is 0 Å². The molecule has 2 rings (SSSR count). The Morgan fingerprint density at radius 3 is 2.67 bits per heavy atom. The molecule has 2 aromatic rings. The smallest absolute Gasteiger partial charge is 0.163 e. The number of ketones is 1. The third-order valence-corrected chi connectivity index (χ3v) is 4.17. The van der Waals surface area contributed by atoms with Gasteiger partial charge in [0.05, 0.1) is 22.1 Å². The molecule has 110 valence electrons. The minimum Gasteiger partial charge on any atom is -0.492 e. The van der Waals surface area contributed by atoms with Crippen molar-refractivity contribution in [3.05, 3.63) is 59.9 Å². The lowest BCUT2D eigenvalue weighted by Gasteiger charge is -2.09. The van der Waals surface area contributed by atoms with Crippen LogP contribution < -0.4 is 4.74 Å². The summed E-state index contributed by atoms with van der Waals surface area (Å²) >= 11 is 0. The molecule has 1 atom stereocenters. The molecule has 0 amide bonds. The highest BCUT2D eigenvalue weighted by atomic mass is 32.2. The van der Waals surface area contributed by atoms with Crippen LogP contribution in [0.25, 0.3) is 0 Å². The van der Waals surface area contributed by atoms with Gasteiger partial charge in [0.25, 0.3) is 0 Å². The van der Waals surface area contributed by atoms with Crippen LogP contribution in [0.15, 0.2) is 53.4 Å². The highest BCUT2D eigenvalue weighted by Crippen LogP contribution is 2.18. The van der Waals surface area contributed by atoms with Crippen molar-refractivity contribution in [2.75, 3.05) is 12.4 Å². The fourth-order valence-electron chi connectivity index (χ4n) is 1.84. The SMILES string of the molecule is CC(=O)c1ccccc1OCCS(=O)c1cccc(F)c1. The van der Waals surface area contributed by atoms with Crippen LogP contribution in [0.3, 0.4) is 0 Å². The van der Waals surface area contributed by atoms with Crippen LogP contribution in [-0.4, -0.2) is 22.4 Å². The molecule has 1 unspecified atom stereocenters. The second-order valence-electron chi connectivity index (χ2n) is 4.41. The maximum absolute atomic E-state index is 13.1. The van der Waals surface area contributed by atoms with Crippen LogP contribution in [-0.2, 0) is 10.8 Å². The zero-order valence-electron chi connectivity index (χ0n) is 11.5. The average molecular weight is 306 g/mol. The highest BCUT2D eigenvalue weighted by molar-refractivity contribution is 7.85. The first-order valence-corrected chi connectivity index (χ1v) is 7.76. The molecule has 0 bridgehead atoms. The molecule has 0 spiro atoms. The lowest BCUT2D eigenvalue weighted by atomic mass is 10.1. The van der Waals surface area contributed by atoms with E-state index in [9.17, 15) is 13.4 Å². The van der Waals surface area contributed by atoms with Crippen LogP contribution >= 0.6 is 0 Å². The molecule has 0 aliphatic rings. The number of hydrogen-bond acceptors (Lipinski definition) is 3. The number of Topliss-reactive ketones (excluding diaryl/α,β-unsaturated/α-hetero) is 1. The molecule has 0 aliphatic carbocycles. The van der Waals surface area contributed by atoms with Crippen molar-refractivity contribution >= 4 is 16.6 Å². The van der Waals surface area contributed by atoms with E-state index in [1.54, 1.807) is 30.3 Å². The molecule has 5 heteroatoms. The topological polar surface area (TPSA) is 43.4 Å². The van der Waals surface area contributed by atoms with Gasteiger partial charge in [-0.05, 0) is 37.3 Å². The number of carbonyl (C=O) groups is 1. The van der Waals surface area contributed by atoms with Gasteiger partial charge < -0.3 is 4.74 Å². The van der Waals surface area contributed by atoms with E-state index in [0.717, 1.165) is 0 Å². The van der Waals surface area contributed by atoms with Crippen molar-refractivity contribution in [2.45, 2.75) is 11.8 Å². The Morgan fingerprint density at radius 2 is 1.95 bits per heavy atom. The highest BCUT2D eigenvalue weighted by Gasteiger charge is 2.09. The number of carbonyl (C=O) groups excluding carboxylic acids is 1. The quantitative estimate of drug-likeness (QED) is 0.770. The second-order valence-corrected chi connectivity index (χ2v) is 5.98. The molecule has 0 aliphatic heterocycles. The Labute approximate surface area is 125 Å². The van der Waals surface area contributed by atoms with Crippen molar-refractivity contribution in [1.82, 2.24) is 0 Å². The lowest BCUT2D eigenvalue weighted by Crippen LogP contribution is -2.10. The number of benzene rings is 2. The van der Waals surface area contributed by atoms with E-state index in [1.807, 2.05) is 0 Å². The van der Waals surface area contributed by atoms with Gasteiger partial charge in [-0.1, -0.05) is 18.2 Å². The monoisotopic (exact) mass is 306 g/mol. The molecular formula is C16H15FO3S. The molecule has 21 heavy (non-hydrogen) atoms. The van der Waals surface area contributed by atoms with Gasteiger partial charge in [-0.2, -0.15) is 0 Å². The predicted molar refractivity (Wildman–Crippen MR) is 79.6 cm³/mol. The Morgan fingerprint density at radius 1 is 1.19 bits per heavy atom. The molecule has 0 aromatic heterocycles. The maximum Gasteiger partial charge on any atom is 0.163 e. The number of para-hydroxylation sites is 1. The normalized spacial score (nSPS) is 11.9. The van der Waals surface area contributed by atoms with E-state index in [0.29, 0.717) is 16.2 Å². The first-order valence-electron chi connectivity index (χ1n) is 6.44. The van der Waals surface area contributed by atoms with Gasteiger partial charge in [-0.3, -0.25) is 9.00 Å². The van der Waals surface area contributed by atoms with E-state index in [1.165, 1.54) is 25.1 Å². The average Bonchev–Trinajstić information content (AvgIpc) is 2.47. The van der Waals surface area contributed by atoms with Gasteiger partial charge in [-0.25, -0.2) is 4.39 Å². The lowest BCUT2D eigenvalue weighted by molar-refractivity contribution is 0.101. The number of halogens is 1. The van der Waals surface area contributed by atoms with Gasteiger partial charge in [0.2, 0.25) is 0 Å². The minimum absolute atomic E-state index is 0.0862. The zero-order chi connectivity index (χ0) is 15.2. The van der Waals surface area contributed by atoms with Gasteiger partial charge in [0.15, 0.2) is 5.78 Å². The Bertz CT molecular complexity index is 670. The Kier molecular flexibility index (Phi) is 5.22. The van der Waals surface area contributed by atoms with Crippen LogP contribution in [0, 0.1) is 5.82 Å². The number of rotatable bonds is 6. The van der Waals surface area contributed by atoms with Crippen molar-refractivity contribution in [3.63, 3.8) is 0 Å². The van der Waals surface area contributed by atoms with Crippen molar-refractivity contribution < 1.29 is 18.1 Å². The van der Waals surface area contributed by atoms with Crippen molar-refractivity contribution in [3.8, 4) is 5.75 Å². The first kappa shape index (κ1) is 15.4. The van der Waals surface area contributed by atoms with Crippen LogP contribution in [0.1, 0.15) is 17.3 Å². The maximum atomic E-state index is 13.1. The number of hydrogen-bond donors (Lipinski definition) is 0. The Hall–Kier alpha value is -2.01. The fraction of sp³-hybridized carbons (Fsp3) is 0.188. The molecule has 0 heterocycles. The summed E-state index contributed by atoms with van der Waals surface area (Å²) in [6.07, 6.45) is 0. The summed E-state index contributed by atoms with van der Waals surface area (Å²) in [6, 6.07) is 12.6. The standard InChI is InChI=1S/C16H15FO3S/c1-12(18)15-7-2-3-8-16(15)20-9-10-21(19)14-6-4-5-13(17)11-14/h2-8,11H,9-10H2,1H3. The molecule has 2 aromatic carbocycles. The summed E-state index contributed by atoms with van der Waals surface area (Å²) in [5.41, 5.74) is 0.494. The van der Waals surface area contributed by atoms with Gasteiger partial charge >= 0.3 is 0 Å². The fourth-order valence-corrected chi connectivity index (χ4v) is 2.78. The molecular weight excluding hydrogens is 291 g/mol. The molecule has 0 N–H and O–H groups in total. The van der Waals surface area contributed by atoms with E-state index >= 15 is 0 Å². The molecule has 0 saturated heterocycles. The summed E-state index contributed by atoms with van der Waals surface area (Å²) in [6.45, 7) is 1.65. The Balaban J connectivity index is 1.96. The molecule has 3 nitrogen and oxygen atoms in total. The van der Waals surface area contributed by atoms with Gasteiger partial charge in [0, 0.05) is 4.90 Å². The number of ether oxygens (including phenoxy) is 1. The summed E-state index contributed by atoms with van der Waals surface area (Å²) in [4.78, 5) is 11.9. The summed E-state index contributed by atoms with van der Waals surface area (Å²) < 4.78 is 30.6. The van der Waals surface area contributed by atoms with Crippen LogP contribution in [0.5, 0.6) is 5.75 Å². The van der Waals surface area contributed by atoms with Crippen LogP contribution in [0.2, 0.25) is 0 Å². The zero-order valence-corrected chi connectivity index (χ0v) is 12.4. The predicted octanol–water partition coefficient (Wildman–Crippen LogP) is 3.21. The minimum atomic E-state index is -1.33. The van der Waals surface area contributed by atoms with Crippen LogP contribution in [0.4, 0.5) is 4.39 Å². The third kappa shape index (κ3) is 4.23. The van der Waals surface area contributed by atoms with Gasteiger partial charge in [-0.15, -0.1) is 0 Å². The molecule has 0 fully saturated rings. The largest absolute Gasteiger partial charge is 0.492 e. The molecule has 0 radical (unpaired) electrons. The van der Waals surface area contributed by atoms with E-state index in [2.05, 4.69) is 0 Å². The van der Waals surface area contributed by atoms with E-state index in [-0.39, 0.29) is 18.1 Å². The summed E-state index contributed by atoms with van der Waals surface area (Å²) in [5, 5.41) is 0.